The van der Waals surface area contributed by atoms with Crippen molar-refractivity contribution in [1.29, 1.82) is 0 Å². The highest BCUT2D eigenvalue weighted by Gasteiger charge is 2.35. The maximum absolute atomic E-state index is 6.27. The summed E-state index contributed by atoms with van der Waals surface area (Å²) in [6, 6.07) is 13.2. The zero-order valence-corrected chi connectivity index (χ0v) is 18.4. The van der Waals surface area contributed by atoms with Gasteiger partial charge in [-0.3, -0.25) is 4.98 Å². The van der Waals surface area contributed by atoms with Gasteiger partial charge in [-0.05, 0) is 62.5 Å². The van der Waals surface area contributed by atoms with E-state index in [1.54, 1.807) is 0 Å². The molecule has 2 aromatic rings. The molecule has 0 bridgehead atoms. The Labute approximate surface area is 186 Å². The minimum Gasteiger partial charge on any atom is -0.490 e. The second-order valence-corrected chi connectivity index (χ2v) is 9.47. The van der Waals surface area contributed by atoms with Crippen LogP contribution in [0.25, 0.3) is 0 Å². The minimum absolute atomic E-state index is 0.413. The molecule has 3 aliphatic rings. The Kier molecular flexibility index (Phi) is 6.71. The van der Waals surface area contributed by atoms with E-state index in [-0.39, 0.29) is 0 Å². The van der Waals surface area contributed by atoms with Crippen LogP contribution >= 0.6 is 0 Å². The van der Waals surface area contributed by atoms with Gasteiger partial charge in [-0.2, -0.15) is 0 Å². The summed E-state index contributed by atoms with van der Waals surface area (Å²) < 4.78 is 12.3. The van der Waals surface area contributed by atoms with Crippen LogP contribution in [0.3, 0.4) is 0 Å². The van der Waals surface area contributed by atoms with Gasteiger partial charge in [0, 0.05) is 25.2 Å². The van der Waals surface area contributed by atoms with E-state index >= 15 is 0 Å². The SMILES string of the molecule is c1ccc(CO[C@@H]2CCC3CN(c4cncc(OC[C@@H]5CCCN5)c4)CCC3C2)cc1. The zero-order valence-electron chi connectivity index (χ0n) is 18.4. The Hall–Kier alpha value is -2.11. The number of nitrogens with zero attached hydrogens (tertiary/aromatic N) is 2. The minimum atomic E-state index is 0.413. The number of fused-ring (bicyclic) bond motifs is 1. The van der Waals surface area contributed by atoms with Crippen LogP contribution in [0.5, 0.6) is 5.75 Å². The summed E-state index contributed by atoms with van der Waals surface area (Å²) in [5.74, 6) is 2.44. The molecule has 1 aromatic heterocycles. The largest absolute Gasteiger partial charge is 0.490 e. The van der Waals surface area contributed by atoms with Gasteiger partial charge < -0.3 is 19.7 Å². The van der Waals surface area contributed by atoms with Crippen LogP contribution in [0.15, 0.2) is 48.8 Å². The Morgan fingerprint density at radius 1 is 1.03 bits per heavy atom. The average Bonchev–Trinajstić information content (AvgIpc) is 3.36. The van der Waals surface area contributed by atoms with Gasteiger partial charge in [0.2, 0.25) is 0 Å². The van der Waals surface area contributed by atoms with E-state index in [9.17, 15) is 0 Å². The van der Waals surface area contributed by atoms with Gasteiger partial charge in [-0.25, -0.2) is 0 Å². The van der Waals surface area contributed by atoms with Crippen molar-refractivity contribution in [3.63, 3.8) is 0 Å². The summed E-state index contributed by atoms with van der Waals surface area (Å²) in [6.07, 6.45) is 11.6. The fourth-order valence-corrected chi connectivity index (χ4v) is 5.50. The number of aromatic nitrogens is 1. The highest BCUT2D eigenvalue weighted by atomic mass is 16.5. The van der Waals surface area contributed by atoms with Crippen molar-refractivity contribution in [3.05, 3.63) is 54.4 Å². The number of hydrogen-bond donors (Lipinski definition) is 1. The summed E-state index contributed by atoms with van der Waals surface area (Å²) >= 11 is 0. The van der Waals surface area contributed by atoms with Crippen LogP contribution in [0.2, 0.25) is 0 Å². The van der Waals surface area contributed by atoms with Crippen LogP contribution in [-0.4, -0.2) is 43.4 Å². The van der Waals surface area contributed by atoms with E-state index in [1.807, 2.05) is 12.4 Å². The van der Waals surface area contributed by atoms with Gasteiger partial charge in [0.05, 0.1) is 30.8 Å². The first kappa shape index (κ1) is 20.8. The first-order chi connectivity index (χ1) is 15.3. The molecular formula is C26H35N3O2. The van der Waals surface area contributed by atoms with Crippen LogP contribution in [0.1, 0.15) is 44.1 Å². The third kappa shape index (κ3) is 5.39. The molecule has 166 valence electrons. The van der Waals surface area contributed by atoms with E-state index in [1.165, 1.54) is 49.8 Å². The second kappa shape index (κ2) is 10.0. The molecule has 3 fully saturated rings. The topological polar surface area (TPSA) is 46.6 Å². The third-order valence-electron chi connectivity index (χ3n) is 7.32. The quantitative estimate of drug-likeness (QED) is 0.717. The number of piperidine rings is 1. The number of pyridine rings is 1. The molecular weight excluding hydrogens is 386 g/mol. The predicted octanol–water partition coefficient (Wildman–Crippen LogP) is 4.42. The first-order valence-corrected chi connectivity index (χ1v) is 12.1. The van der Waals surface area contributed by atoms with Crippen LogP contribution in [0.4, 0.5) is 5.69 Å². The van der Waals surface area contributed by atoms with E-state index in [0.29, 0.717) is 12.1 Å². The molecule has 0 spiro atoms. The van der Waals surface area contributed by atoms with Crippen LogP contribution in [-0.2, 0) is 11.3 Å². The number of benzene rings is 1. The summed E-state index contributed by atoms with van der Waals surface area (Å²) in [4.78, 5) is 6.98. The lowest BCUT2D eigenvalue weighted by atomic mass is 9.74. The Bertz CT molecular complexity index is 824. The summed E-state index contributed by atoms with van der Waals surface area (Å²) in [6.45, 7) is 4.82. The standard InChI is InChI=1S/C26H35N3O2/c1-2-5-20(6-3-1)18-30-25-9-8-22-17-29(12-10-21(22)13-25)24-14-26(16-27-15-24)31-19-23-7-4-11-28-23/h1-3,5-6,14-16,21-23,25,28H,4,7-13,17-19H2/t21?,22?,23-,25+/m0/s1. The second-order valence-electron chi connectivity index (χ2n) is 9.47. The molecule has 1 aromatic carbocycles. The fraction of sp³-hybridized carbons (Fsp3) is 0.577. The number of ether oxygens (including phenoxy) is 2. The lowest BCUT2D eigenvalue weighted by Gasteiger charge is -2.44. The summed E-state index contributed by atoms with van der Waals surface area (Å²) in [5, 5.41) is 3.49. The van der Waals surface area contributed by atoms with Gasteiger partial charge in [-0.15, -0.1) is 0 Å². The highest BCUT2D eigenvalue weighted by molar-refractivity contribution is 5.48. The Balaban J connectivity index is 1.12. The van der Waals surface area contributed by atoms with Crippen molar-refractivity contribution in [2.24, 2.45) is 11.8 Å². The molecule has 2 saturated heterocycles. The van der Waals surface area contributed by atoms with Crippen LogP contribution in [0, 0.1) is 11.8 Å². The average molecular weight is 422 g/mol. The Morgan fingerprint density at radius 3 is 2.84 bits per heavy atom. The van der Waals surface area contributed by atoms with Crippen molar-refractivity contribution < 1.29 is 9.47 Å². The van der Waals surface area contributed by atoms with Gasteiger partial charge in [0.15, 0.2) is 0 Å². The van der Waals surface area contributed by atoms with Crippen LogP contribution < -0.4 is 15.0 Å². The zero-order chi connectivity index (χ0) is 20.9. The van der Waals surface area contributed by atoms with E-state index in [2.05, 4.69) is 51.6 Å². The maximum Gasteiger partial charge on any atom is 0.139 e. The van der Waals surface area contributed by atoms with Gasteiger partial charge >= 0.3 is 0 Å². The molecule has 31 heavy (non-hydrogen) atoms. The van der Waals surface area contributed by atoms with E-state index < -0.39 is 0 Å². The van der Waals surface area contributed by atoms with Gasteiger partial charge in [0.1, 0.15) is 12.4 Å². The van der Waals surface area contributed by atoms with Crippen molar-refractivity contribution in [1.82, 2.24) is 10.3 Å². The number of anilines is 1. The van der Waals surface area contributed by atoms with Crippen molar-refractivity contribution in [3.8, 4) is 5.75 Å². The number of hydrogen-bond acceptors (Lipinski definition) is 5. The lowest BCUT2D eigenvalue weighted by Crippen LogP contribution is -2.44. The van der Waals surface area contributed by atoms with Crippen molar-refractivity contribution >= 4 is 5.69 Å². The first-order valence-electron chi connectivity index (χ1n) is 12.1. The lowest BCUT2D eigenvalue weighted by molar-refractivity contribution is -0.0167. The van der Waals surface area contributed by atoms with Crippen molar-refractivity contribution in [2.75, 3.05) is 31.1 Å². The molecule has 3 heterocycles. The molecule has 0 amide bonds. The molecule has 5 heteroatoms. The highest BCUT2D eigenvalue weighted by Crippen LogP contribution is 2.39. The molecule has 2 aliphatic heterocycles. The monoisotopic (exact) mass is 421 g/mol. The van der Waals surface area contributed by atoms with Crippen molar-refractivity contribution in [2.45, 2.75) is 57.3 Å². The Morgan fingerprint density at radius 2 is 1.97 bits per heavy atom. The third-order valence-corrected chi connectivity index (χ3v) is 7.32. The molecule has 4 atom stereocenters. The molecule has 5 nitrogen and oxygen atoms in total. The normalized spacial score (nSPS) is 28.3. The van der Waals surface area contributed by atoms with Gasteiger partial charge in [-0.1, -0.05) is 30.3 Å². The predicted molar refractivity (Wildman–Crippen MR) is 123 cm³/mol. The molecule has 1 saturated carbocycles. The summed E-state index contributed by atoms with van der Waals surface area (Å²) in [5.41, 5.74) is 2.48. The smallest absolute Gasteiger partial charge is 0.139 e. The van der Waals surface area contributed by atoms with E-state index in [4.69, 9.17) is 9.47 Å². The fourth-order valence-electron chi connectivity index (χ4n) is 5.50. The summed E-state index contributed by atoms with van der Waals surface area (Å²) in [7, 11) is 0. The number of nitrogens with one attached hydrogen (secondary N) is 1. The molecule has 5 rings (SSSR count). The van der Waals surface area contributed by atoms with E-state index in [0.717, 1.165) is 50.4 Å². The molecule has 1 aliphatic carbocycles. The molecule has 2 unspecified atom stereocenters. The molecule has 1 N–H and O–H groups in total. The maximum atomic E-state index is 6.27. The van der Waals surface area contributed by atoms with Gasteiger partial charge in [0.25, 0.3) is 0 Å². The molecule has 0 radical (unpaired) electrons. The number of rotatable bonds is 7.